The monoisotopic (exact) mass is 274 g/mol. The van der Waals surface area contributed by atoms with Crippen LogP contribution in [-0.4, -0.2) is 64.2 Å². The molecule has 0 aromatic heterocycles. The highest BCUT2D eigenvalue weighted by molar-refractivity contribution is 8.00. The number of hydrogen-bond donors (Lipinski definition) is 2. The first-order chi connectivity index (χ1) is 8.45. The van der Waals surface area contributed by atoms with Gasteiger partial charge in [-0.2, -0.15) is 0 Å². The number of thioether (sulfide) groups is 1. The van der Waals surface area contributed by atoms with Crippen LogP contribution in [0.5, 0.6) is 0 Å². The van der Waals surface area contributed by atoms with Crippen molar-refractivity contribution in [3.8, 4) is 0 Å². The molecule has 2 N–H and O–H groups in total. The van der Waals surface area contributed by atoms with Crippen molar-refractivity contribution in [2.24, 2.45) is 10.9 Å². The Morgan fingerprint density at radius 3 is 2.61 bits per heavy atom. The average molecular weight is 274 g/mol. The van der Waals surface area contributed by atoms with E-state index in [2.05, 4.69) is 25.6 Å². The third-order valence-corrected chi connectivity index (χ3v) is 4.99. The van der Waals surface area contributed by atoms with E-state index in [9.17, 15) is 10.2 Å². The summed E-state index contributed by atoms with van der Waals surface area (Å²) in [5.74, 6) is 0.422. The Balaban J connectivity index is 2.12. The summed E-state index contributed by atoms with van der Waals surface area (Å²) < 4.78 is 5.93. The molecular weight excluding hydrogens is 252 g/mol. The van der Waals surface area contributed by atoms with Crippen LogP contribution in [0, 0.1) is 5.92 Å². The predicted molar refractivity (Wildman–Crippen MR) is 72.6 cm³/mol. The lowest BCUT2D eigenvalue weighted by atomic mass is 9.92. The maximum Gasteiger partial charge on any atom is 0.151 e. The SMILES string of the molecule is C=NC1S[C@H]2O[C@H](CC(C)C)[C@@H](O)[C@H](O)[C@H]2N1C. The fourth-order valence-corrected chi connectivity index (χ4v) is 4.04. The van der Waals surface area contributed by atoms with E-state index in [0.717, 1.165) is 6.42 Å². The van der Waals surface area contributed by atoms with Crippen LogP contribution in [-0.2, 0) is 4.74 Å². The van der Waals surface area contributed by atoms with Crippen molar-refractivity contribution in [1.29, 1.82) is 0 Å². The molecule has 104 valence electrons. The first kappa shape index (κ1) is 14.3. The van der Waals surface area contributed by atoms with Gasteiger partial charge in [-0.15, -0.1) is 0 Å². The third kappa shape index (κ3) is 2.44. The second kappa shape index (κ2) is 5.46. The molecule has 0 radical (unpaired) electrons. The average Bonchev–Trinajstić information content (AvgIpc) is 2.62. The largest absolute Gasteiger partial charge is 0.389 e. The lowest BCUT2D eigenvalue weighted by Crippen LogP contribution is -2.59. The number of fused-ring (bicyclic) bond motifs is 1. The van der Waals surface area contributed by atoms with Gasteiger partial charge in [-0.05, 0) is 26.1 Å². The van der Waals surface area contributed by atoms with E-state index < -0.39 is 12.2 Å². The van der Waals surface area contributed by atoms with Crippen LogP contribution in [0.1, 0.15) is 20.3 Å². The summed E-state index contributed by atoms with van der Waals surface area (Å²) in [5.41, 5.74) is -0.257. The minimum Gasteiger partial charge on any atom is -0.389 e. The van der Waals surface area contributed by atoms with Crippen molar-refractivity contribution in [2.45, 2.75) is 55.6 Å². The molecule has 2 aliphatic rings. The molecule has 0 aromatic rings. The lowest BCUT2D eigenvalue weighted by Gasteiger charge is -2.41. The van der Waals surface area contributed by atoms with Crippen LogP contribution in [0.25, 0.3) is 0 Å². The second-order valence-electron chi connectivity index (χ2n) is 5.45. The van der Waals surface area contributed by atoms with E-state index in [4.69, 9.17) is 4.74 Å². The molecule has 2 fully saturated rings. The molecule has 18 heavy (non-hydrogen) atoms. The minimum atomic E-state index is -0.833. The van der Waals surface area contributed by atoms with Gasteiger partial charge in [-0.3, -0.25) is 9.89 Å². The number of likely N-dealkylation sites (N-methyl/N-ethyl adjacent to an activating group) is 1. The summed E-state index contributed by atoms with van der Waals surface area (Å²) in [6.45, 7) is 7.71. The highest BCUT2D eigenvalue weighted by atomic mass is 32.2. The number of hydrogen-bond acceptors (Lipinski definition) is 6. The Labute approximate surface area is 112 Å². The fourth-order valence-electron chi connectivity index (χ4n) is 2.66. The van der Waals surface area contributed by atoms with Gasteiger partial charge >= 0.3 is 0 Å². The number of nitrogens with zero attached hydrogens (tertiary/aromatic N) is 2. The molecule has 2 rings (SSSR count). The maximum atomic E-state index is 10.3. The van der Waals surface area contributed by atoms with Gasteiger partial charge in [0.1, 0.15) is 17.6 Å². The van der Waals surface area contributed by atoms with E-state index in [-0.39, 0.29) is 23.1 Å². The van der Waals surface area contributed by atoms with Crippen LogP contribution in [0.2, 0.25) is 0 Å². The molecule has 0 aromatic carbocycles. The van der Waals surface area contributed by atoms with Gasteiger partial charge in [-0.1, -0.05) is 25.6 Å². The Hall–Kier alpha value is -0.140. The quantitative estimate of drug-likeness (QED) is 0.734. The number of aliphatic hydroxyl groups is 2. The summed E-state index contributed by atoms with van der Waals surface area (Å²) in [4.78, 5) is 5.92. The van der Waals surface area contributed by atoms with Crippen LogP contribution >= 0.6 is 11.8 Å². The molecule has 0 amide bonds. The molecule has 1 unspecified atom stereocenters. The van der Waals surface area contributed by atoms with Gasteiger partial charge < -0.3 is 14.9 Å². The van der Waals surface area contributed by atoms with Crippen molar-refractivity contribution in [2.75, 3.05) is 7.05 Å². The molecule has 0 spiro atoms. The van der Waals surface area contributed by atoms with Crippen LogP contribution in [0.4, 0.5) is 0 Å². The van der Waals surface area contributed by atoms with Crippen molar-refractivity contribution in [3.63, 3.8) is 0 Å². The standard InChI is InChI=1S/C12H22N2O3S/c1-6(2)5-7-9(15)10(16)8-11(17-7)18-12(13-3)14(8)4/h6-12,15-16H,3,5H2,1-2,4H3/t7-,8-,9-,10-,11-,12?/m1/s1. The number of aliphatic hydroxyl groups excluding tert-OH is 2. The number of aliphatic imine (C=N–C) groups is 1. The van der Waals surface area contributed by atoms with Gasteiger partial charge in [0.2, 0.25) is 0 Å². The summed E-state index contributed by atoms with van der Waals surface area (Å²) in [7, 11) is 1.87. The van der Waals surface area contributed by atoms with E-state index in [1.165, 1.54) is 0 Å². The van der Waals surface area contributed by atoms with E-state index in [0.29, 0.717) is 5.92 Å². The first-order valence-corrected chi connectivity index (χ1v) is 7.24. The minimum absolute atomic E-state index is 0.111. The molecule has 0 bridgehead atoms. The van der Waals surface area contributed by atoms with Gasteiger partial charge in [-0.25, -0.2) is 0 Å². The Morgan fingerprint density at radius 2 is 2.06 bits per heavy atom. The van der Waals surface area contributed by atoms with E-state index in [1.807, 2.05) is 11.9 Å². The number of rotatable bonds is 3. The fraction of sp³-hybridized carbons (Fsp3) is 0.917. The van der Waals surface area contributed by atoms with Crippen molar-refractivity contribution in [1.82, 2.24) is 4.90 Å². The molecule has 6 heteroatoms. The van der Waals surface area contributed by atoms with E-state index in [1.54, 1.807) is 11.8 Å². The summed E-state index contributed by atoms with van der Waals surface area (Å²) in [6.07, 6.45) is -1.18. The molecular formula is C12H22N2O3S. The predicted octanol–water partition coefficient (Wildman–Crippen LogP) is 0.511. The first-order valence-electron chi connectivity index (χ1n) is 6.30. The van der Waals surface area contributed by atoms with Crippen molar-refractivity contribution < 1.29 is 14.9 Å². The molecule has 2 aliphatic heterocycles. The topological polar surface area (TPSA) is 65.3 Å². The summed E-state index contributed by atoms with van der Waals surface area (Å²) in [6, 6.07) is -0.219. The van der Waals surface area contributed by atoms with Gasteiger partial charge in [0.25, 0.3) is 0 Å². The van der Waals surface area contributed by atoms with Gasteiger partial charge in [0.05, 0.1) is 12.1 Å². The van der Waals surface area contributed by atoms with Crippen molar-refractivity contribution in [3.05, 3.63) is 0 Å². The third-order valence-electron chi connectivity index (χ3n) is 3.60. The van der Waals surface area contributed by atoms with Crippen LogP contribution < -0.4 is 0 Å². The van der Waals surface area contributed by atoms with Crippen molar-refractivity contribution >= 4 is 18.5 Å². The zero-order valence-electron chi connectivity index (χ0n) is 11.1. The molecule has 6 atom stereocenters. The van der Waals surface area contributed by atoms with E-state index >= 15 is 0 Å². The van der Waals surface area contributed by atoms with Crippen LogP contribution in [0.3, 0.4) is 0 Å². The smallest absolute Gasteiger partial charge is 0.151 e. The Morgan fingerprint density at radius 1 is 1.39 bits per heavy atom. The highest BCUT2D eigenvalue weighted by Gasteiger charge is 2.52. The Kier molecular flexibility index (Phi) is 4.33. The normalized spacial score (nSPS) is 45.2. The van der Waals surface area contributed by atoms with Gasteiger partial charge in [0, 0.05) is 0 Å². The molecule has 0 aliphatic carbocycles. The van der Waals surface area contributed by atoms with Crippen LogP contribution in [0.15, 0.2) is 4.99 Å². The maximum absolute atomic E-state index is 10.3. The molecule has 0 saturated carbocycles. The Bertz CT molecular complexity index is 316. The molecule has 5 nitrogen and oxygen atoms in total. The zero-order valence-corrected chi connectivity index (χ0v) is 11.9. The van der Waals surface area contributed by atoms with Gasteiger partial charge in [0.15, 0.2) is 5.50 Å². The molecule has 2 heterocycles. The summed E-state index contributed by atoms with van der Waals surface area (Å²) >= 11 is 1.54. The number of ether oxygens (including phenoxy) is 1. The lowest BCUT2D eigenvalue weighted by molar-refractivity contribution is -0.178. The highest BCUT2D eigenvalue weighted by Crippen LogP contribution is 2.42. The second-order valence-corrected chi connectivity index (χ2v) is 6.61. The molecule has 2 saturated heterocycles. The zero-order chi connectivity index (χ0) is 13.4. The summed E-state index contributed by atoms with van der Waals surface area (Å²) in [5, 5.41) is 20.4.